The van der Waals surface area contributed by atoms with Gasteiger partial charge >= 0.3 is 0 Å². The van der Waals surface area contributed by atoms with E-state index < -0.39 is 0 Å². The van der Waals surface area contributed by atoms with Crippen molar-refractivity contribution in [2.45, 2.75) is 32.6 Å². The van der Waals surface area contributed by atoms with Crippen LogP contribution in [0.1, 0.15) is 35.2 Å². The Balaban J connectivity index is 1.47. The zero-order valence-electron chi connectivity index (χ0n) is 16.2. The standard InChI is InChI=1S/C22H25N5S/c1-16-18-9-5-6-10-19(18)20(15-23)21(24-16)26-11-13-27(14-12-26)22(28)25-17-7-3-2-4-8-17/h2-4,7-8H,5-6,9-14H2,1H3,(H,25,28). The van der Waals surface area contributed by atoms with Crippen LogP contribution in [-0.2, 0) is 12.8 Å². The van der Waals surface area contributed by atoms with Gasteiger partial charge in [0.05, 0.1) is 5.56 Å². The van der Waals surface area contributed by atoms with Gasteiger partial charge in [-0.25, -0.2) is 4.98 Å². The van der Waals surface area contributed by atoms with Crippen LogP contribution in [0.25, 0.3) is 0 Å². The fourth-order valence-electron chi connectivity index (χ4n) is 4.19. The van der Waals surface area contributed by atoms with Crippen LogP contribution in [-0.4, -0.2) is 41.2 Å². The molecule has 0 spiro atoms. The molecule has 6 heteroatoms. The van der Waals surface area contributed by atoms with Crippen molar-refractivity contribution in [1.82, 2.24) is 9.88 Å². The van der Waals surface area contributed by atoms with Gasteiger partial charge in [0.15, 0.2) is 5.11 Å². The molecule has 0 atom stereocenters. The Morgan fingerprint density at radius 1 is 1.07 bits per heavy atom. The molecule has 2 aromatic rings. The first kappa shape index (κ1) is 18.7. The van der Waals surface area contributed by atoms with Gasteiger partial charge in [-0.05, 0) is 68.1 Å². The summed E-state index contributed by atoms with van der Waals surface area (Å²) in [6.45, 7) is 5.36. The van der Waals surface area contributed by atoms with Crippen molar-refractivity contribution in [3.05, 3.63) is 52.7 Å². The number of nitrogens with zero attached hydrogens (tertiary/aromatic N) is 4. The van der Waals surface area contributed by atoms with Crippen molar-refractivity contribution in [1.29, 1.82) is 5.26 Å². The van der Waals surface area contributed by atoms with Crippen LogP contribution in [0.15, 0.2) is 30.3 Å². The van der Waals surface area contributed by atoms with Crippen LogP contribution in [0.3, 0.4) is 0 Å². The molecule has 2 heterocycles. The van der Waals surface area contributed by atoms with E-state index in [2.05, 4.69) is 28.1 Å². The number of para-hydroxylation sites is 1. The highest BCUT2D eigenvalue weighted by molar-refractivity contribution is 7.80. The van der Waals surface area contributed by atoms with Gasteiger partial charge in [0.2, 0.25) is 0 Å². The number of nitrogens with one attached hydrogen (secondary N) is 1. The second-order valence-corrected chi connectivity index (χ2v) is 7.83. The number of piperazine rings is 1. The Morgan fingerprint density at radius 2 is 1.75 bits per heavy atom. The smallest absolute Gasteiger partial charge is 0.173 e. The molecule has 1 aromatic heterocycles. The summed E-state index contributed by atoms with van der Waals surface area (Å²) in [6.07, 6.45) is 4.41. The highest BCUT2D eigenvalue weighted by Gasteiger charge is 2.26. The highest BCUT2D eigenvalue weighted by Crippen LogP contribution is 2.32. The molecule has 28 heavy (non-hydrogen) atoms. The molecule has 1 aromatic carbocycles. The van der Waals surface area contributed by atoms with Crippen molar-refractivity contribution < 1.29 is 0 Å². The minimum absolute atomic E-state index is 0.751. The van der Waals surface area contributed by atoms with Crippen molar-refractivity contribution >= 4 is 28.8 Å². The number of thiocarbonyl (C=S) groups is 1. The molecule has 4 rings (SSSR count). The average molecular weight is 392 g/mol. The lowest BCUT2D eigenvalue weighted by Crippen LogP contribution is -2.50. The van der Waals surface area contributed by atoms with E-state index in [1.165, 1.54) is 17.5 Å². The van der Waals surface area contributed by atoms with Crippen LogP contribution in [0.5, 0.6) is 0 Å². The fourth-order valence-corrected chi connectivity index (χ4v) is 4.49. The summed E-state index contributed by atoms with van der Waals surface area (Å²) in [5.41, 5.74) is 5.43. The summed E-state index contributed by atoms with van der Waals surface area (Å²) in [7, 11) is 0. The minimum atomic E-state index is 0.751. The second kappa shape index (κ2) is 8.15. The van der Waals surface area contributed by atoms with E-state index in [1.54, 1.807) is 0 Å². The topological polar surface area (TPSA) is 55.2 Å². The van der Waals surface area contributed by atoms with E-state index in [-0.39, 0.29) is 0 Å². The first-order chi connectivity index (χ1) is 13.7. The molecule has 0 bridgehead atoms. The minimum Gasteiger partial charge on any atom is -0.352 e. The van der Waals surface area contributed by atoms with Crippen LogP contribution in [0, 0.1) is 18.3 Å². The maximum absolute atomic E-state index is 9.84. The summed E-state index contributed by atoms with van der Waals surface area (Å²) in [6, 6.07) is 12.5. The summed E-state index contributed by atoms with van der Waals surface area (Å²) in [5, 5.41) is 13.9. The van der Waals surface area contributed by atoms with Crippen LogP contribution in [0.4, 0.5) is 11.5 Å². The second-order valence-electron chi connectivity index (χ2n) is 7.44. The number of rotatable bonds is 2. The first-order valence-electron chi connectivity index (χ1n) is 9.95. The van der Waals surface area contributed by atoms with Gasteiger partial charge in [-0.15, -0.1) is 0 Å². The summed E-state index contributed by atoms with van der Waals surface area (Å²) in [4.78, 5) is 9.30. The number of anilines is 2. The monoisotopic (exact) mass is 391 g/mol. The molecular formula is C22H25N5S. The van der Waals surface area contributed by atoms with Crippen LogP contribution < -0.4 is 10.2 Å². The van der Waals surface area contributed by atoms with Gasteiger partial charge in [-0.3, -0.25) is 0 Å². The predicted octanol–water partition coefficient (Wildman–Crippen LogP) is 3.66. The lowest BCUT2D eigenvalue weighted by Gasteiger charge is -2.37. The maximum atomic E-state index is 9.84. The van der Waals surface area contributed by atoms with Gasteiger partial charge in [0, 0.05) is 37.6 Å². The molecule has 1 N–H and O–H groups in total. The number of aryl methyl sites for hydroxylation is 1. The Hall–Kier alpha value is -2.65. The van der Waals surface area contributed by atoms with Crippen molar-refractivity contribution in [2.24, 2.45) is 0 Å². The van der Waals surface area contributed by atoms with Gasteiger partial charge in [-0.1, -0.05) is 18.2 Å². The molecule has 1 fully saturated rings. The molecule has 144 valence electrons. The van der Waals surface area contributed by atoms with Gasteiger partial charge in [0.1, 0.15) is 11.9 Å². The number of pyridine rings is 1. The van der Waals surface area contributed by atoms with Crippen molar-refractivity contribution in [2.75, 3.05) is 36.4 Å². The number of nitriles is 1. The number of benzene rings is 1. The third-order valence-electron chi connectivity index (χ3n) is 5.71. The Labute approximate surface area is 172 Å². The van der Waals surface area contributed by atoms with Gasteiger partial charge in [-0.2, -0.15) is 5.26 Å². The molecule has 5 nitrogen and oxygen atoms in total. The average Bonchev–Trinajstić information content (AvgIpc) is 2.74. The van der Waals surface area contributed by atoms with E-state index >= 15 is 0 Å². The SMILES string of the molecule is Cc1nc(N2CCN(C(=S)Nc3ccccc3)CC2)c(C#N)c2c1CCCC2. The maximum Gasteiger partial charge on any atom is 0.173 e. The van der Waals surface area contributed by atoms with Gasteiger partial charge < -0.3 is 15.1 Å². The van der Waals surface area contributed by atoms with Crippen LogP contribution in [0.2, 0.25) is 0 Å². The lowest BCUT2D eigenvalue weighted by molar-refractivity contribution is 0.389. The molecule has 1 aliphatic heterocycles. The van der Waals surface area contributed by atoms with Crippen molar-refractivity contribution in [3.8, 4) is 6.07 Å². The third kappa shape index (κ3) is 3.67. The zero-order chi connectivity index (χ0) is 19.5. The summed E-state index contributed by atoms with van der Waals surface area (Å²) in [5.74, 6) is 0.863. The van der Waals surface area contributed by atoms with E-state index in [0.717, 1.165) is 73.3 Å². The number of hydrogen-bond acceptors (Lipinski definition) is 4. The Bertz CT molecular complexity index is 911. The largest absolute Gasteiger partial charge is 0.352 e. The fraction of sp³-hybridized carbons (Fsp3) is 0.409. The zero-order valence-corrected chi connectivity index (χ0v) is 17.1. The number of hydrogen-bond donors (Lipinski definition) is 1. The molecule has 1 saturated heterocycles. The summed E-state index contributed by atoms with van der Waals surface area (Å²) >= 11 is 5.59. The van der Waals surface area contributed by atoms with E-state index in [9.17, 15) is 5.26 Å². The lowest BCUT2D eigenvalue weighted by atomic mass is 9.88. The molecule has 1 aliphatic carbocycles. The van der Waals surface area contributed by atoms with E-state index in [1.807, 2.05) is 30.3 Å². The van der Waals surface area contributed by atoms with Gasteiger partial charge in [0.25, 0.3) is 0 Å². The van der Waals surface area contributed by atoms with Crippen LogP contribution >= 0.6 is 12.2 Å². The van der Waals surface area contributed by atoms with E-state index in [0.29, 0.717) is 0 Å². The number of aromatic nitrogens is 1. The van der Waals surface area contributed by atoms with Crippen molar-refractivity contribution in [3.63, 3.8) is 0 Å². The third-order valence-corrected chi connectivity index (χ3v) is 6.07. The molecule has 0 amide bonds. The Morgan fingerprint density at radius 3 is 2.43 bits per heavy atom. The molecular weight excluding hydrogens is 366 g/mol. The Kier molecular flexibility index (Phi) is 5.45. The molecule has 0 unspecified atom stereocenters. The normalized spacial score (nSPS) is 16.3. The summed E-state index contributed by atoms with van der Waals surface area (Å²) < 4.78 is 0. The molecule has 2 aliphatic rings. The molecule has 0 saturated carbocycles. The number of fused-ring (bicyclic) bond motifs is 1. The quantitative estimate of drug-likeness (QED) is 0.789. The highest BCUT2D eigenvalue weighted by atomic mass is 32.1. The van der Waals surface area contributed by atoms with E-state index in [4.69, 9.17) is 17.2 Å². The predicted molar refractivity (Wildman–Crippen MR) is 117 cm³/mol. The first-order valence-corrected chi connectivity index (χ1v) is 10.4. The molecule has 0 radical (unpaired) electrons.